The molecule has 0 aromatic heterocycles. The fourth-order valence-corrected chi connectivity index (χ4v) is 5.20. The molecule has 214 valence electrons. The first-order chi connectivity index (χ1) is 18.6. The summed E-state index contributed by atoms with van der Waals surface area (Å²) in [5.41, 5.74) is 0.594. The molecule has 6 N–H and O–H groups in total. The molecule has 0 spiro atoms. The van der Waals surface area contributed by atoms with Crippen molar-refractivity contribution >= 4 is 18.0 Å². The van der Waals surface area contributed by atoms with Crippen LogP contribution in [0.25, 0.3) is 6.08 Å². The quantitative estimate of drug-likeness (QED) is 0.174. The third-order valence-electron chi connectivity index (χ3n) is 7.35. The number of aliphatic hydroxyl groups is 5. The van der Waals surface area contributed by atoms with E-state index in [-0.39, 0.29) is 11.3 Å². The van der Waals surface area contributed by atoms with Gasteiger partial charge < -0.3 is 54.3 Å². The summed E-state index contributed by atoms with van der Waals surface area (Å²) in [5.74, 6) is -3.95. The Kier molecular flexibility index (Phi) is 8.91. The van der Waals surface area contributed by atoms with Gasteiger partial charge in [-0.3, -0.25) is 0 Å². The molecule has 13 nitrogen and oxygen atoms in total. The predicted octanol–water partition coefficient (Wildman–Crippen LogP) is -1.21. The third kappa shape index (κ3) is 5.79. The van der Waals surface area contributed by atoms with Crippen molar-refractivity contribution in [2.75, 3.05) is 13.7 Å². The fourth-order valence-electron chi connectivity index (χ4n) is 5.20. The zero-order chi connectivity index (χ0) is 28.4. The van der Waals surface area contributed by atoms with Gasteiger partial charge in [0.15, 0.2) is 6.29 Å². The molecule has 1 aromatic rings. The predicted molar refractivity (Wildman–Crippen MR) is 129 cm³/mol. The Bertz CT molecular complexity index is 1080. The van der Waals surface area contributed by atoms with Crippen molar-refractivity contribution in [1.82, 2.24) is 0 Å². The highest BCUT2D eigenvalue weighted by molar-refractivity contribution is 5.90. The number of carbonyl (C=O) groups is 2. The van der Waals surface area contributed by atoms with Crippen LogP contribution in [-0.4, -0.2) is 105 Å². The van der Waals surface area contributed by atoms with E-state index in [0.29, 0.717) is 5.56 Å². The lowest BCUT2D eigenvalue weighted by Gasteiger charge is -2.43. The largest absolute Gasteiger partial charge is 0.508 e. The SMILES string of the molecule is COC(=O)C1=CO[C@H](O[C@@H]2O[C@@H](CO)[C@@H](O)[C@@H](O)[C@H]2O)[C@H]2[C@H](C)[C@@H](O)[C@@H](OC(=O)C=Cc3ccc(O)cc3)[C@@H]12. The lowest BCUT2D eigenvalue weighted by Crippen LogP contribution is -2.60. The molecule has 0 bridgehead atoms. The van der Waals surface area contributed by atoms with Crippen LogP contribution in [0.5, 0.6) is 5.75 Å². The fraction of sp³-hybridized carbons (Fsp3) is 0.538. The Labute approximate surface area is 223 Å². The van der Waals surface area contributed by atoms with E-state index in [0.717, 1.165) is 19.4 Å². The number of benzene rings is 1. The maximum atomic E-state index is 12.7. The Hall–Kier alpha value is -3.04. The first-order valence-corrected chi connectivity index (χ1v) is 12.3. The molecule has 1 saturated carbocycles. The second-order valence-electron chi connectivity index (χ2n) is 9.68. The number of aliphatic hydroxyl groups excluding tert-OH is 5. The van der Waals surface area contributed by atoms with Crippen LogP contribution in [0.3, 0.4) is 0 Å². The number of methoxy groups -OCH3 is 1. The summed E-state index contributed by atoms with van der Waals surface area (Å²) in [6.45, 7) is 0.968. The van der Waals surface area contributed by atoms with E-state index in [9.17, 15) is 40.2 Å². The molecule has 0 unspecified atom stereocenters. The monoisotopic (exact) mass is 552 g/mol. The van der Waals surface area contributed by atoms with Gasteiger partial charge in [-0.2, -0.15) is 0 Å². The second-order valence-corrected chi connectivity index (χ2v) is 9.68. The van der Waals surface area contributed by atoms with Gasteiger partial charge in [0.1, 0.15) is 36.3 Å². The Morgan fingerprint density at radius 3 is 2.33 bits per heavy atom. The van der Waals surface area contributed by atoms with Crippen molar-refractivity contribution < 1.29 is 63.9 Å². The van der Waals surface area contributed by atoms with E-state index in [1.807, 2.05) is 0 Å². The standard InChI is InChI=1S/C26H32O13/c1-11-17-18(23(19(11)30)38-16(29)8-5-12-3-6-13(28)7-4-12)14(24(34)35-2)10-36-25(17)39-26-22(33)21(32)20(31)15(9-27)37-26/h3-8,10-11,15,17-23,25-28,30-33H,9H2,1-2H3/t11-,15-,17-,18-,19+,20+,21+,22+,23-,25+,26-/m0/s1. The second kappa shape index (κ2) is 12.0. The van der Waals surface area contributed by atoms with Crippen LogP contribution >= 0.6 is 0 Å². The highest BCUT2D eigenvalue weighted by Crippen LogP contribution is 2.49. The number of phenols is 1. The normalized spacial score (nSPS) is 38.0. The van der Waals surface area contributed by atoms with E-state index in [4.69, 9.17) is 23.7 Å². The molecule has 2 fully saturated rings. The number of ether oxygens (including phenoxy) is 5. The van der Waals surface area contributed by atoms with Crippen LogP contribution in [0.15, 0.2) is 42.2 Å². The van der Waals surface area contributed by atoms with Crippen molar-refractivity contribution in [2.24, 2.45) is 17.8 Å². The van der Waals surface area contributed by atoms with E-state index in [2.05, 4.69) is 0 Å². The van der Waals surface area contributed by atoms with Gasteiger partial charge in [-0.1, -0.05) is 19.1 Å². The number of hydrogen-bond donors (Lipinski definition) is 6. The third-order valence-corrected chi connectivity index (χ3v) is 7.35. The van der Waals surface area contributed by atoms with Crippen LogP contribution in [0.4, 0.5) is 0 Å². The average Bonchev–Trinajstić information content (AvgIpc) is 3.18. The minimum atomic E-state index is -1.71. The molecule has 11 atom stereocenters. The van der Waals surface area contributed by atoms with Gasteiger partial charge in [0.2, 0.25) is 6.29 Å². The number of aromatic hydroxyl groups is 1. The summed E-state index contributed by atoms with van der Waals surface area (Å²) in [7, 11) is 1.16. The summed E-state index contributed by atoms with van der Waals surface area (Å²) in [6.07, 6.45) is -7.85. The van der Waals surface area contributed by atoms with Gasteiger partial charge in [0.05, 0.1) is 31.7 Å². The molecule has 1 saturated heterocycles. The number of carbonyl (C=O) groups excluding carboxylic acids is 2. The van der Waals surface area contributed by atoms with E-state index in [1.54, 1.807) is 19.1 Å². The summed E-state index contributed by atoms with van der Waals surface area (Å²) in [5, 5.41) is 60.5. The summed E-state index contributed by atoms with van der Waals surface area (Å²) in [6, 6.07) is 6.06. The smallest absolute Gasteiger partial charge is 0.337 e. The Morgan fingerprint density at radius 2 is 1.69 bits per heavy atom. The molecule has 2 heterocycles. The highest BCUT2D eigenvalue weighted by atomic mass is 16.8. The molecule has 0 amide bonds. The van der Waals surface area contributed by atoms with Gasteiger partial charge in [0, 0.05) is 17.9 Å². The first kappa shape index (κ1) is 29.0. The molecule has 2 aliphatic heterocycles. The topological polar surface area (TPSA) is 202 Å². The zero-order valence-electron chi connectivity index (χ0n) is 21.1. The van der Waals surface area contributed by atoms with Crippen molar-refractivity contribution in [1.29, 1.82) is 0 Å². The number of hydrogen-bond acceptors (Lipinski definition) is 13. The molecular weight excluding hydrogens is 520 g/mol. The molecule has 39 heavy (non-hydrogen) atoms. The van der Waals surface area contributed by atoms with Crippen LogP contribution in [0.2, 0.25) is 0 Å². The summed E-state index contributed by atoms with van der Waals surface area (Å²) >= 11 is 0. The van der Waals surface area contributed by atoms with Gasteiger partial charge in [0.25, 0.3) is 0 Å². The van der Waals surface area contributed by atoms with Gasteiger partial charge in [-0.15, -0.1) is 0 Å². The van der Waals surface area contributed by atoms with Crippen LogP contribution < -0.4 is 0 Å². The van der Waals surface area contributed by atoms with Crippen molar-refractivity contribution in [3.8, 4) is 5.75 Å². The van der Waals surface area contributed by atoms with Gasteiger partial charge in [-0.25, -0.2) is 9.59 Å². The minimum absolute atomic E-state index is 0.0140. The average molecular weight is 553 g/mol. The molecule has 4 rings (SSSR count). The van der Waals surface area contributed by atoms with Crippen molar-refractivity contribution in [3.63, 3.8) is 0 Å². The Morgan fingerprint density at radius 1 is 1.00 bits per heavy atom. The van der Waals surface area contributed by atoms with Gasteiger partial charge >= 0.3 is 11.9 Å². The molecule has 0 radical (unpaired) electrons. The zero-order valence-corrected chi connectivity index (χ0v) is 21.1. The summed E-state index contributed by atoms with van der Waals surface area (Å²) < 4.78 is 27.3. The molecule has 3 aliphatic rings. The van der Waals surface area contributed by atoms with Crippen LogP contribution in [0.1, 0.15) is 12.5 Å². The molecule has 13 heteroatoms. The first-order valence-electron chi connectivity index (χ1n) is 12.3. The maximum Gasteiger partial charge on any atom is 0.337 e. The van der Waals surface area contributed by atoms with Crippen LogP contribution in [-0.2, 0) is 33.3 Å². The Balaban J connectivity index is 1.56. The number of esters is 2. The maximum absolute atomic E-state index is 12.7. The molecule has 1 aliphatic carbocycles. The van der Waals surface area contributed by atoms with Gasteiger partial charge in [-0.05, 0) is 29.7 Å². The number of fused-ring (bicyclic) bond motifs is 1. The lowest BCUT2D eigenvalue weighted by atomic mass is 9.82. The highest BCUT2D eigenvalue weighted by Gasteiger charge is 2.59. The van der Waals surface area contributed by atoms with E-state index < -0.39 is 85.5 Å². The number of rotatable bonds is 7. The van der Waals surface area contributed by atoms with E-state index >= 15 is 0 Å². The minimum Gasteiger partial charge on any atom is -0.508 e. The van der Waals surface area contributed by atoms with E-state index in [1.165, 1.54) is 18.2 Å². The molecule has 1 aromatic carbocycles. The van der Waals surface area contributed by atoms with Crippen LogP contribution in [0, 0.1) is 17.8 Å². The lowest BCUT2D eigenvalue weighted by molar-refractivity contribution is -0.343. The molecular formula is C26H32O13. The number of phenolic OH excluding ortho intramolecular Hbond substituents is 1. The summed E-state index contributed by atoms with van der Waals surface area (Å²) in [4.78, 5) is 25.3. The van der Waals surface area contributed by atoms with Crippen molar-refractivity contribution in [3.05, 3.63) is 47.7 Å². The van der Waals surface area contributed by atoms with Crippen molar-refractivity contribution in [2.45, 2.75) is 56.1 Å².